The van der Waals surface area contributed by atoms with Gasteiger partial charge in [-0.15, -0.1) is 11.3 Å². The van der Waals surface area contributed by atoms with E-state index in [0.29, 0.717) is 25.3 Å². The van der Waals surface area contributed by atoms with E-state index in [1.165, 1.54) is 0 Å². The summed E-state index contributed by atoms with van der Waals surface area (Å²) in [5.41, 5.74) is 1.32. The van der Waals surface area contributed by atoms with Gasteiger partial charge in [0.15, 0.2) is 0 Å². The third kappa shape index (κ3) is 3.80. The van der Waals surface area contributed by atoms with Crippen molar-refractivity contribution in [2.75, 3.05) is 19.8 Å². The van der Waals surface area contributed by atoms with E-state index in [4.69, 9.17) is 4.74 Å². The Hall–Kier alpha value is -1.46. The van der Waals surface area contributed by atoms with Crippen molar-refractivity contribution in [3.05, 3.63) is 34.2 Å². The highest BCUT2D eigenvalue weighted by Gasteiger charge is 2.34. The number of hydrogen-bond acceptors (Lipinski definition) is 4. The molecular weight excluding hydrogens is 284 g/mol. The van der Waals surface area contributed by atoms with Crippen LogP contribution in [0, 0.1) is 0 Å². The number of amides is 1. The van der Waals surface area contributed by atoms with E-state index in [9.17, 15) is 4.79 Å². The molecule has 114 valence electrons. The van der Waals surface area contributed by atoms with Crippen LogP contribution in [-0.4, -0.2) is 41.8 Å². The maximum Gasteiger partial charge on any atom is 0.251 e. The second kappa shape index (κ2) is 6.54. The first kappa shape index (κ1) is 15.9. The summed E-state index contributed by atoms with van der Waals surface area (Å²) in [6.07, 6.45) is 1.67. The Bertz CT molecular complexity index is 559. The summed E-state index contributed by atoms with van der Waals surface area (Å²) in [5, 5.41) is 2.02. The molecule has 0 N–H and O–H groups in total. The molecule has 0 aliphatic carbocycles. The number of nitrogens with zero attached hydrogens (tertiary/aromatic N) is 2. The lowest BCUT2D eigenvalue weighted by Crippen LogP contribution is -2.55. The molecule has 0 unspecified atom stereocenters. The minimum atomic E-state index is -0.267. The van der Waals surface area contributed by atoms with Crippen LogP contribution >= 0.6 is 11.3 Å². The number of hydrogen-bond donors (Lipinski definition) is 0. The predicted molar refractivity (Wildman–Crippen MR) is 86.9 cm³/mol. The molecule has 0 atom stereocenters. The van der Waals surface area contributed by atoms with E-state index < -0.39 is 0 Å². The first-order valence-corrected chi connectivity index (χ1v) is 7.94. The first-order chi connectivity index (χ1) is 9.92. The van der Waals surface area contributed by atoms with E-state index in [0.717, 1.165) is 10.6 Å². The maximum absolute atomic E-state index is 12.5. The minimum absolute atomic E-state index is 0.0334. The van der Waals surface area contributed by atoms with Gasteiger partial charge in [0.25, 0.3) is 5.91 Å². The predicted octanol–water partition coefficient (Wildman–Crippen LogP) is 3.10. The Morgan fingerprint density at radius 1 is 1.48 bits per heavy atom. The summed E-state index contributed by atoms with van der Waals surface area (Å²) >= 11 is 1.65. The molecule has 1 fully saturated rings. The molecule has 2 rings (SSSR count). The highest BCUT2D eigenvalue weighted by Crippen LogP contribution is 2.21. The second-order valence-corrected chi connectivity index (χ2v) is 6.77. The van der Waals surface area contributed by atoms with E-state index in [2.05, 4.69) is 4.99 Å². The summed E-state index contributed by atoms with van der Waals surface area (Å²) < 4.78 is 5.45. The van der Waals surface area contributed by atoms with Gasteiger partial charge in [-0.2, -0.15) is 0 Å². The molecule has 1 aromatic heterocycles. The Kier molecular flexibility index (Phi) is 4.96. The molecule has 1 amide bonds. The summed E-state index contributed by atoms with van der Waals surface area (Å²) in [6.45, 7) is 9.63. The highest BCUT2D eigenvalue weighted by molar-refractivity contribution is 7.12. The average Bonchev–Trinajstić information content (AvgIpc) is 2.97. The lowest BCUT2D eigenvalue weighted by Gasteiger charge is -2.42. The number of rotatable bonds is 3. The lowest BCUT2D eigenvalue weighted by molar-refractivity contribution is -0.141. The molecule has 0 spiro atoms. The van der Waals surface area contributed by atoms with Crippen molar-refractivity contribution >= 4 is 23.0 Å². The van der Waals surface area contributed by atoms with Gasteiger partial charge in [0, 0.05) is 23.2 Å². The summed E-state index contributed by atoms with van der Waals surface area (Å²) in [5.74, 6) is 0.0334. The number of aliphatic imine (C=N–C) groups is 1. The highest BCUT2D eigenvalue weighted by atomic mass is 32.1. The number of morpholine rings is 1. The van der Waals surface area contributed by atoms with Crippen molar-refractivity contribution in [2.45, 2.75) is 33.2 Å². The molecular formula is C16H22N2O2S. The van der Waals surface area contributed by atoms with E-state index in [1.807, 2.05) is 50.1 Å². The molecule has 1 aliphatic rings. The Morgan fingerprint density at radius 3 is 2.86 bits per heavy atom. The van der Waals surface area contributed by atoms with E-state index in [1.54, 1.807) is 17.5 Å². The molecule has 5 heteroatoms. The second-order valence-electron chi connectivity index (χ2n) is 5.83. The standard InChI is InChI=1S/C16H22N2O2S/c1-12(10-17-13(2)14-6-5-9-21-14)15(19)18-7-8-20-11-16(18,3)4/h5-6,9-10H,7-8,11H2,1-4H3/b12-10+,17-13+. The minimum Gasteiger partial charge on any atom is -0.377 e. The zero-order valence-corrected chi connectivity index (χ0v) is 13.9. The van der Waals surface area contributed by atoms with Crippen LogP contribution in [0.15, 0.2) is 34.3 Å². The van der Waals surface area contributed by atoms with Gasteiger partial charge in [-0.1, -0.05) is 6.07 Å². The van der Waals surface area contributed by atoms with Gasteiger partial charge in [0.2, 0.25) is 0 Å². The van der Waals surface area contributed by atoms with Crippen molar-refractivity contribution in [1.82, 2.24) is 4.90 Å². The summed E-state index contributed by atoms with van der Waals surface area (Å²) in [6, 6.07) is 4.02. The van der Waals surface area contributed by atoms with Crippen LogP contribution in [0.25, 0.3) is 0 Å². The molecule has 0 saturated carbocycles. The summed E-state index contributed by atoms with van der Waals surface area (Å²) in [7, 11) is 0. The van der Waals surface area contributed by atoms with Gasteiger partial charge < -0.3 is 9.64 Å². The van der Waals surface area contributed by atoms with Crippen LogP contribution in [0.2, 0.25) is 0 Å². The molecule has 0 bridgehead atoms. The number of carbonyl (C=O) groups excluding carboxylic acids is 1. The monoisotopic (exact) mass is 306 g/mol. The topological polar surface area (TPSA) is 41.9 Å². The molecule has 1 aromatic rings. The Morgan fingerprint density at radius 2 is 2.24 bits per heavy atom. The largest absolute Gasteiger partial charge is 0.377 e. The third-order valence-corrected chi connectivity index (χ3v) is 4.54. The SMILES string of the molecule is C/C(=C\N=C(/C)c1cccs1)C(=O)N1CCOCC1(C)C. The van der Waals surface area contributed by atoms with Crippen molar-refractivity contribution in [3.63, 3.8) is 0 Å². The molecule has 0 aromatic carbocycles. The number of ether oxygens (including phenoxy) is 1. The Balaban J connectivity index is 2.11. The molecule has 1 aliphatic heterocycles. The molecule has 2 heterocycles. The smallest absolute Gasteiger partial charge is 0.251 e. The van der Waals surface area contributed by atoms with Crippen LogP contribution in [-0.2, 0) is 9.53 Å². The number of carbonyl (C=O) groups is 1. The van der Waals surface area contributed by atoms with Crippen LogP contribution in [0.1, 0.15) is 32.6 Å². The van der Waals surface area contributed by atoms with Gasteiger partial charge in [0.1, 0.15) is 0 Å². The van der Waals surface area contributed by atoms with Gasteiger partial charge in [-0.25, -0.2) is 0 Å². The molecule has 0 radical (unpaired) electrons. The average molecular weight is 306 g/mol. The van der Waals surface area contributed by atoms with Crippen LogP contribution in [0.5, 0.6) is 0 Å². The zero-order chi connectivity index (χ0) is 15.5. The molecule has 4 nitrogen and oxygen atoms in total. The Labute approximate surface area is 130 Å². The maximum atomic E-state index is 12.5. The van der Waals surface area contributed by atoms with Gasteiger partial charge in [0.05, 0.1) is 24.5 Å². The normalized spacial score (nSPS) is 19.7. The lowest BCUT2D eigenvalue weighted by atomic mass is 10.0. The van der Waals surface area contributed by atoms with E-state index in [-0.39, 0.29) is 11.4 Å². The molecule has 1 saturated heterocycles. The van der Waals surface area contributed by atoms with Crippen LogP contribution in [0.4, 0.5) is 0 Å². The van der Waals surface area contributed by atoms with Gasteiger partial charge in [-0.05, 0) is 39.1 Å². The van der Waals surface area contributed by atoms with E-state index >= 15 is 0 Å². The zero-order valence-electron chi connectivity index (χ0n) is 13.0. The molecule has 21 heavy (non-hydrogen) atoms. The fourth-order valence-corrected chi connectivity index (χ4v) is 2.93. The first-order valence-electron chi connectivity index (χ1n) is 7.06. The number of thiophene rings is 1. The third-order valence-electron chi connectivity index (χ3n) is 3.56. The van der Waals surface area contributed by atoms with Crippen molar-refractivity contribution < 1.29 is 9.53 Å². The van der Waals surface area contributed by atoms with Crippen molar-refractivity contribution in [3.8, 4) is 0 Å². The fraction of sp³-hybridized carbons (Fsp3) is 0.500. The van der Waals surface area contributed by atoms with Crippen molar-refractivity contribution in [2.24, 2.45) is 4.99 Å². The quantitative estimate of drug-likeness (QED) is 0.636. The van der Waals surface area contributed by atoms with Crippen LogP contribution < -0.4 is 0 Å². The fourth-order valence-electron chi connectivity index (χ4n) is 2.24. The van der Waals surface area contributed by atoms with Crippen molar-refractivity contribution in [1.29, 1.82) is 0 Å². The summed E-state index contributed by atoms with van der Waals surface area (Å²) in [4.78, 5) is 20.0. The van der Waals surface area contributed by atoms with Gasteiger partial charge >= 0.3 is 0 Å². The van der Waals surface area contributed by atoms with Crippen LogP contribution in [0.3, 0.4) is 0 Å². The van der Waals surface area contributed by atoms with Gasteiger partial charge in [-0.3, -0.25) is 9.79 Å².